The lowest BCUT2D eigenvalue weighted by molar-refractivity contribution is -0.143. The van der Waals surface area contributed by atoms with E-state index in [0.717, 1.165) is 47.9 Å². The van der Waals surface area contributed by atoms with Crippen molar-refractivity contribution in [2.75, 3.05) is 0 Å². The van der Waals surface area contributed by atoms with E-state index in [1.165, 1.54) is 0 Å². The minimum absolute atomic E-state index is 0.0220. The highest BCUT2D eigenvalue weighted by molar-refractivity contribution is 5.93. The van der Waals surface area contributed by atoms with Crippen LogP contribution in [0.25, 0.3) is 0 Å². The molecule has 0 radical (unpaired) electrons. The number of hydrogen-bond donors (Lipinski definition) is 2. The van der Waals surface area contributed by atoms with E-state index >= 15 is 0 Å². The van der Waals surface area contributed by atoms with Gasteiger partial charge in [0.15, 0.2) is 0 Å². The highest BCUT2D eigenvalue weighted by Gasteiger charge is 2.44. The number of alkyl carbamates (subject to hydrolysis) is 1. The fourth-order valence-corrected chi connectivity index (χ4v) is 4.85. The summed E-state index contributed by atoms with van der Waals surface area (Å²) in [5.74, 6) is -0.475. The van der Waals surface area contributed by atoms with Crippen LogP contribution in [0.5, 0.6) is 0 Å². The molecule has 3 rings (SSSR count). The molecule has 0 bridgehead atoms. The zero-order valence-electron chi connectivity index (χ0n) is 24.5. The van der Waals surface area contributed by atoms with Crippen molar-refractivity contribution in [2.45, 2.75) is 110 Å². The van der Waals surface area contributed by atoms with E-state index in [1.54, 1.807) is 25.7 Å². The number of aryl methyl sites for hydroxylation is 2. The Balaban J connectivity index is 2.03. The fraction of sp³-hybridized carbons (Fsp3) is 0.531. The predicted molar refractivity (Wildman–Crippen MR) is 154 cm³/mol. The number of carbonyl (C=O) groups is 3. The molecule has 39 heavy (non-hydrogen) atoms. The molecule has 7 nitrogen and oxygen atoms in total. The summed E-state index contributed by atoms with van der Waals surface area (Å²) >= 11 is 0. The molecule has 1 saturated carbocycles. The second-order valence-corrected chi connectivity index (χ2v) is 11.8. The Morgan fingerprint density at radius 1 is 1.03 bits per heavy atom. The first-order valence-corrected chi connectivity index (χ1v) is 14.1. The van der Waals surface area contributed by atoms with Crippen LogP contribution >= 0.6 is 0 Å². The van der Waals surface area contributed by atoms with Crippen LogP contribution in [0.4, 0.5) is 4.79 Å². The van der Waals surface area contributed by atoms with Crippen LogP contribution in [0.15, 0.2) is 48.5 Å². The molecule has 1 aliphatic carbocycles. The van der Waals surface area contributed by atoms with Gasteiger partial charge in [-0.25, -0.2) is 4.79 Å². The highest BCUT2D eigenvalue weighted by atomic mass is 16.6. The zero-order chi connectivity index (χ0) is 28.7. The smallest absolute Gasteiger partial charge is 0.408 e. The van der Waals surface area contributed by atoms with Crippen LogP contribution < -0.4 is 10.6 Å². The lowest BCUT2D eigenvalue weighted by Gasteiger charge is -2.36. The molecular formula is C32H45N3O4. The Labute approximate surface area is 233 Å². The second-order valence-electron chi connectivity index (χ2n) is 11.8. The van der Waals surface area contributed by atoms with E-state index in [4.69, 9.17) is 4.74 Å². The number of ether oxygens (including phenoxy) is 1. The standard InChI is InChI=1S/C32H45N3O4/c1-8-12-23(4)33-29(36)28(26-19-21(2)15-16-22(26)3)35(25-17-18-25)30(37)27(20-24-13-10-9-11-14-24)34-31(38)39-32(5,6)7/h9-11,13-16,19,23,25,27-28H,8,12,17-18,20H2,1-7H3,(H,33,36)(H,34,38). The molecule has 7 heteroatoms. The highest BCUT2D eigenvalue weighted by Crippen LogP contribution is 2.37. The summed E-state index contributed by atoms with van der Waals surface area (Å²) in [5.41, 5.74) is 2.98. The average molecular weight is 536 g/mol. The summed E-state index contributed by atoms with van der Waals surface area (Å²) in [6.45, 7) is 13.4. The van der Waals surface area contributed by atoms with Gasteiger partial charge in [0.1, 0.15) is 17.7 Å². The van der Waals surface area contributed by atoms with E-state index in [9.17, 15) is 14.4 Å². The minimum atomic E-state index is -0.892. The quantitative estimate of drug-likeness (QED) is 0.382. The minimum Gasteiger partial charge on any atom is -0.444 e. The van der Waals surface area contributed by atoms with Crippen molar-refractivity contribution in [3.8, 4) is 0 Å². The van der Waals surface area contributed by atoms with Gasteiger partial charge in [-0.2, -0.15) is 0 Å². The maximum Gasteiger partial charge on any atom is 0.408 e. The van der Waals surface area contributed by atoms with Crippen LogP contribution in [0, 0.1) is 13.8 Å². The molecule has 2 aromatic rings. The maximum absolute atomic E-state index is 14.4. The van der Waals surface area contributed by atoms with Gasteiger partial charge in [-0.3, -0.25) is 9.59 Å². The number of nitrogens with zero attached hydrogens (tertiary/aromatic N) is 1. The fourth-order valence-electron chi connectivity index (χ4n) is 4.85. The molecule has 2 N–H and O–H groups in total. The van der Waals surface area contributed by atoms with Gasteiger partial charge < -0.3 is 20.3 Å². The third-order valence-electron chi connectivity index (χ3n) is 6.83. The summed E-state index contributed by atoms with van der Waals surface area (Å²) in [7, 11) is 0. The van der Waals surface area contributed by atoms with Crippen LogP contribution in [0.2, 0.25) is 0 Å². The SMILES string of the molecule is CCCC(C)NC(=O)C(c1cc(C)ccc1C)N(C(=O)C(Cc1ccccc1)NC(=O)OC(C)(C)C)C1CC1. The van der Waals surface area contributed by atoms with Gasteiger partial charge in [0.25, 0.3) is 0 Å². The number of nitrogens with one attached hydrogen (secondary N) is 2. The predicted octanol–water partition coefficient (Wildman–Crippen LogP) is 5.78. The van der Waals surface area contributed by atoms with Gasteiger partial charge in [-0.15, -0.1) is 0 Å². The van der Waals surface area contributed by atoms with E-state index in [-0.39, 0.29) is 30.3 Å². The van der Waals surface area contributed by atoms with Crippen LogP contribution in [0.1, 0.15) is 88.6 Å². The van der Waals surface area contributed by atoms with E-state index < -0.39 is 23.8 Å². The van der Waals surface area contributed by atoms with Gasteiger partial charge in [0.2, 0.25) is 11.8 Å². The molecule has 0 spiro atoms. The second kappa shape index (κ2) is 13.1. The van der Waals surface area contributed by atoms with Gasteiger partial charge in [-0.05, 0) is 77.5 Å². The van der Waals surface area contributed by atoms with Gasteiger partial charge in [0.05, 0.1) is 0 Å². The molecule has 0 aliphatic heterocycles. The lowest BCUT2D eigenvalue weighted by atomic mass is 9.95. The summed E-state index contributed by atoms with van der Waals surface area (Å²) in [6, 6.07) is 13.8. The summed E-state index contributed by atoms with van der Waals surface area (Å²) in [4.78, 5) is 43.0. The van der Waals surface area contributed by atoms with Gasteiger partial charge >= 0.3 is 6.09 Å². The summed E-state index contributed by atoms with van der Waals surface area (Å²) < 4.78 is 5.52. The van der Waals surface area contributed by atoms with Crippen molar-refractivity contribution in [1.29, 1.82) is 0 Å². The number of carbonyl (C=O) groups excluding carboxylic acids is 3. The third kappa shape index (κ3) is 8.84. The first kappa shape index (κ1) is 30.2. The maximum atomic E-state index is 14.4. The average Bonchev–Trinajstić information content (AvgIpc) is 3.68. The summed E-state index contributed by atoms with van der Waals surface area (Å²) in [6.07, 6.45) is 3.05. The number of amides is 3. The molecule has 0 saturated heterocycles. The van der Waals surface area contributed by atoms with Crippen molar-refractivity contribution in [3.63, 3.8) is 0 Å². The molecule has 3 amide bonds. The Morgan fingerprint density at radius 3 is 2.28 bits per heavy atom. The number of benzene rings is 2. The number of rotatable bonds is 11. The zero-order valence-corrected chi connectivity index (χ0v) is 24.5. The molecule has 3 atom stereocenters. The normalized spacial score (nSPS) is 15.6. The Bertz CT molecular complexity index is 1140. The van der Waals surface area contributed by atoms with Gasteiger partial charge in [0, 0.05) is 18.5 Å². The van der Waals surface area contributed by atoms with Crippen molar-refractivity contribution in [2.24, 2.45) is 0 Å². The van der Waals surface area contributed by atoms with Crippen molar-refractivity contribution in [1.82, 2.24) is 15.5 Å². The molecule has 0 heterocycles. The molecule has 0 aromatic heterocycles. The van der Waals surface area contributed by atoms with Gasteiger partial charge in [-0.1, -0.05) is 67.4 Å². The van der Waals surface area contributed by atoms with Crippen LogP contribution in [-0.4, -0.2) is 46.5 Å². The summed E-state index contributed by atoms with van der Waals surface area (Å²) in [5, 5.41) is 5.99. The van der Waals surface area contributed by atoms with Crippen LogP contribution in [-0.2, 0) is 20.7 Å². The first-order chi connectivity index (χ1) is 18.4. The van der Waals surface area contributed by atoms with Crippen molar-refractivity contribution >= 4 is 17.9 Å². The van der Waals surface area contributed by atoms with Crippen molar-refractivity contribution < 1.29 is 19.1 Å². The topological polar surface area (TPSA) is 87.7 Å². The molecule has 1 aliphatic rings. The largest absolute Gasteiger partial charge is 0.444 e. The third-order valence-corrected chi connectivity index (χ3v) is 6.83. The molecule has 1 fully saturated rings. The van der Waals surface area contributed by atoms with Crippen LogP contribution in [0.3, 0.4) is 0 Å². The Morgan fingerprint density at radius 2 is 1.69 bits per heavy atom. The molecular weight excluding hydrogens is 490 g/mol. The molecule has 212 valence electrons. The van der Waals surface area contributed by atoms with Crippen molar-refractivity contribution in [3.05, 3.63) is 70.8 Å². The molecule has 3 unspecified atom stereocenters. The molecule has 2 aromatic carbocycles. The van der Waals surface area contributed by atoms with E-state index in [1.807, 2.05) is 69.3 Å². The Hall–Kier alpha value is -3.35. The van der Waals surface area contributed by atoms with E-state index in [2.05, 4.69) is 17.6 Å². The Kier molecular flexibility index (Phi) is 10.2. The monoisotopic (exact) mass is 535 g/mol. The number of hydrogen-bond acceptors (Lipinski definition) is 4. The first-order valence-electron chi connectivity index (χ1n) is 14.1. The van der Waals surface area contributed by atoms with E-state index in [0.29, 0.717) is 0 Å². The lowest BCUT2D eigenvalue weighted by Crippen LogP contribution is -2.55.